The zero-order chi connectivity index (χ0) is 32.7. The monoisotopic (exact) mass is 654 g/mol. The van der Waals surface area contributed by atoms with E-state index in [0.29, 0.717) is 30.2 Å². The van der Waals surface area contributed by atoms with Gasteiger partial charge in [-0.1, -0.05) is 81.3 Å². The maximum atomic E-state index is 14.4. The molecule has 1 amide bonds. The van der Waals surface area contributed by atoms with Crippen molar-refractivity contribution in [2.75, 3.05) is 26.7 Å². The Bertz CT molecular complexity index is 1420. The highest BCUT2D eigenvalue weighted by Gasteiger charge is 2.67. The lowest BCUT2D eigenvalue weighted by Gasteiger charge is -2.60. The number of nitrogens with zero attached hydrogens (tertiary/aromatic N) is 2. The summed E-state index contributed by atoms with van der Waals surface area (Å²) in [5.41, 5.74) is 4.13. The quantitative estimate of drug-likeness (QED) is 0.214. The van der Waals surface area contributed by atoms with E-state index in [4.69, 9.17) is 9.47 Å². The number of hydrogen-bond donors (Lipinski definition) is 1. The summed E-state index contributed by atoms with van der Waals surface area (Å²) in [5.74, 6) is 3.97. The number of aryl methyl sites for hydroxylation is 1. The number of likely N-dealkylation sites (tertiary alicyclic amines) is 1. The van der Waals surface area contributed by atoms with Crippen LogP contribution in [0.1, 0.15) is 113 Å². The molecule has 4 aliphatic carbocycles. The van der Waals surface area contributed by atoms with E-state index in [1.807, 2.05) is 0 Å². The second-order valence-electron chi connectivity index (χ2n) is 16.3. The summed E-state index contributed by atoms with van der Waals surface area (Å²) in [6.07, 6.45) is 19.3. The number of carbonyl (C=O) groups is 1. The van der Waals surface area contributed by atoms with Crippen LogP contribution in [-0.4, -0.2) is 71.8 Å². The average molecular weight is 655 g/mol. The number of unbranched alkanes of at least 4 members (excludes halogenated alkanes) is 2. The third-order valence-corrected chi connectivity index (χ3v) is 13.6. The number of benzene rings is 2. The molecule has 1 saturated heterocycles. The highest BCUT2D eigenvalue weighted by atomic mass is 16.5. The van der Waals surface area contributed by atoms with E-state index in [9.17, 15) is 9.90 Å². The Morgan fingerprint density at radius 1 is 1.02 bits per heavy atom. The molecule has 2 aliphatic heterocycles. The Morgan fingerprint density at radius 3 is 2.65 bits per heavy atom. The number of carbonyl (C=O) groups excluding carboxylic acids is 1. The zero-order valence-electron chi connectivity index (χ0n) is 29.3. The maximum absolute atomic E-state index is 14.4. The fraction of sp³-hybridized carbons (Fsp3) is 0.690. The average Bonchev–Trinajstić information content (AvgIpc) is 3.70. The first-order valence-electron chi connectivity index (χ1n) is 19.7. The van der Waals surface area contributed by atoms with Crippen molar-refractivity contribution in [2.24, 2.45) is 17.8 Å². The van der Waals surface area contributed by atoms with Crippen molar-refractivity contribution in [3.05, 3.63) is 59.2 Å². The van der Waals surface area contributed by atoms with Crippen LogP contribution in [0.4, 0.5) is 0 Å². The van der Waals surface area contributed by atoms with Crippen LogP contribution in [0.15, 0.2) is 42.5 Å². The van der Waals surface area contributed by atoms with Gasteiger partial charge in [0.25, 0.3) is 0 Å². The predicted molar refractivity (Wildman–Crippen MR) is 190 cm³/mol. The van der Waals surface area contributed by atoms with Crippen LogP contribution in [0.5, 0.6) is 11.5 Å². The number of piperidine rings is 1. The number of aliphatic hydroxyl groups is 1. The molecule has 8 rings (SSSR count). The fourth-order valence-electron chi connectivity index (χ4n) is 11.1. The van der Waals surface area contributed by atoms with Gasteiger partial charge in [-0.05, 0) is 93.4 Å². The lowest BCUT2D eigenvalue weighted by molar-refractivity contribution is -0.143. The lowest BCUT2D eigenvalue weighted by Crippen LogP contribution is -2.69. The van der Waals surface area contributed by atoms with Gasteiger partial charge in [-0.2, -0.15) is 0 Å². The van der Waals surface area contributed by atoms with Gasteiger partial charge < -0.3 is 19.5 Å². The second-order valence-corrected chi connectivity index (χ2v) is 16.3. The molecule has 6 heteroatoms. The molecule has 2 aromatic rings. The molecule has 260 valence electrons. The van der Waals surface area contributed by atoms with Gasteiger partial charge in [0, 0.05) is 42.4 Å². The molecule has 1 spiro atoms. The molecule has 2 unspecified atom stereocenters. The topological polar surface area (TPSA) is 62.2 Å². The Labute approximate surface area is 288 Å². The standard InChI is InChI=1S/C42H58N2O4/c1-47-37-22-19-31-26-35-33-20-21-34(41-42(33,39(31)40(37)48-41)23-25-43(35)28-32-27-36(32)45)44(24-11-10-17-30-14-6-3-7-15-30)38(46)18-9-8-16-29-12-4-2-5-13-29/h3,6-7,14-15,19,22,29,32-36,41,45H,2,4-5,8-13,16-18,20-21,23-28H2,1H3/t32?,33-,34-,35+,36?,41-,42-/m0/s1. The summed E-state index contributed by atoms with van der Waals surface area (Å²) >= 11 is 0. The molecule has 7 atom stereocenters. The largest absolute Gasteiger partial charge is 0.493 e. The molecule has 2 heterocycles. The third-order valence-electron chi connectivity index (χ3n) is 13.6. The van der Waals surface area contributed by atoms with E-state index >= 15 is 0 Å². The molecule has 6 aliphatic rings. The molecule has 4 fully saturated rings. The summed E-state index contributed by atoms with van der Waals surface area (Å²) in [6.45, 7) is 2.87. The van der Waals surface area contributed by atoms with Crippen molar-refractivity contribution >= 4 is 5.91 Å². The van der Waals surface area contributed by atoms with Gasteiger partial charge in [0.1, 0.15) is 6.10 Å². The van der Waals surface area contributed by atoms with Gasteiger partial charge in [-0.15, -0.1) is 0 Å². The molecule has 48 heavy (non-hydrogen) atoms. The number of methoxy groups -OCH3 is 1. The van der Waals surface area contributed by atoms with Crippen molar-refractivity contribution in [1.82, 2.24) is 9.80 Å². The van der Waals surface area contributed by atoms with Crippen LogP contribution >= 0.6 is 0 Å². The highest BCUT2D eigenvalue weighted by molar-refractivity contribution is 5.77. The minimum atomic E-state index is -0.116. The van der Waals surface area contributed by atoms with Gasteiger partial charge in [-0.25, -0.2) is 0 Å². The van der Waals surface area contributed by atoms with Crippen molar-refractivity contribution in [1.29, 1.82) is 0 Å². The molecule has 2 aromatic carbocycles. The molecular formula is C42H58N2O4. The maximum Gasteiger partial charge on any atom is 0.222 e. The Kier molecular flexibility index (Phi) is 9.50. The highest BCUT2D eigenvalue weighted by Crippen LogP contribution is 2.64. The zero-order valence-corrected chi connectivity index (χ0v) is 29.3. The van der Waals surface area contributed by atoms with E-state index in [2.05, 4.69) is 52.3 Å². The number of hydrogen-bond acceptors (Lipinski definition) is 5. The van der Waals surface area contributed by atoms with Crippen molar-refractivity contribution in [3.63, 3.8) is 0 Å². The molecule has 0 radical (unpaired) electrons. The van der Waals surface area contributed by atoms with E-state index in [1.54, 1.807) is 7.11 Å². The van der Waals surface area contributed by atoms with Crippen molar-refractivity contribution in [3.8, 4) is 11.5 Å². The Morgan fingerprint density at radius 2 is 1.85 bits per heavy atom. The smallest absolute Gasteiger partial charge is 0.222 e. The third kappa shape index (κ3) is 6.08. The normalized spacial score (nSPS) is 32.0. The summed E-state index contributed by atoms with van der Waals surface area (Å²) < 4.78 is 13.1. The first kappa shape index (κ1) is 32.6. The molecule has 1 N–H and O–H groups in total. The number of aliphatic hydroxyl groups excluding tert-OH is 1. The summed E-state index contributed by atoms with van der Waals surface area (Å²) in [4.78, 5) is 19.4. The van der Waals surface area contributed by atoms with Gasteiger partial charge in [-0.3, -0.25) is 9.69 Å². The first-order valence-corrected chi connectivity index (χ1v) is 19.7. The Hall–Kier alpha value is -2.57. The summed E-state index contributed by atoms with van der Waals surface area (Å²) in [5, 5.41) is 10.2. The van der Waals surface area contributed by atoms with Crippen LogP contribution in [0.25, 0.3) is 0 Å². The predicted octanol–water partition coefficient (Wildman–Crippen LogP) is 7.48. The van der Waals surface area contributed by atoms with Crippen LogP contribution in [-0.2, 0) is 23.1 Å². The van der Waals surface area contributed by atoms with Gasteiger partial charge in [0.2, 0.25) is 5.91 Å². The lowest BCUT2D eigenvalue weighted by atomic mass is 9.51. The van der Waals surface area contributed by atoms with E-state index in [1.165, 1.54) is 61.6 Å². The van der Waals surface area contributed by atoms with Crippen molar-refractivity contribution in [2.45, 2.75) is 139 Å². The van der Waals surface area contributed by atoms with Gasteiger partial charge >= 0.3 is 0 Å². The number of rotatable bonds is 14. The molecule has 6 nitrogen and oxygen atoms in total. The van der Waals surface area contributed by atoms with E-state index in [-0.39, 0.29) is 23.7 Å². The summed E-state index contributed by atoms with van der Waals surface area (Å²) in [7, 11) is 1.77. The van der Waals surface area contributed by atoms with Crippen LogP contribution in [0.3, 0.4) is 0 Å². The van der Waals surface area contributed by atoms with E-state index < -0.39 is 0 Å². The van der Waals surface area contributed by atoms with Gasteiger partial charge in [0.15, 0.2) is 11.5 Å². The number of amides is 1. The minimum absolute atomic E-state index is 0.0296. The molecule has 0 aromatic heterocycles. The SMILES string of the molecule is COc1ccc2c3c1O[C@H]1[C@@H](N(CCCCc4ccccc4)C(=O)CCCCC4CCCCC4)CC[C@H]4[C@@H](C2)N(CC2CC2O)CC[C@@]341. The first-order chi connectivity index (χ1) is 23.6. The molecule has 3 saturated carbocycles. The Balaban J connectivity index is 1.04. The number of ether oxygens (including phenoxy) is 2. The van der Waals surface area contributed by atoms with Crippen molar-refractivity contribution < 1.29 is 19.4 Å². The molecule has 2 bridgehead atoms. The fourth-order valence-corrected chi connectivity index (χ4v) is 11.1. The minimum Gasteiger partial charge on any atom is -0.493 e. The second kappa shape index (κ2) is 14.0. The van der Waals surface area contributed by atoms with Crippen LogP contribution in [0.2, 0.25) is 0 Å². The van der Waals surface area contributed by atoms with Gasteiger partial charge in [0.05, 0.1) is 19.3 Å². The molecular weight excluding hydrogens is 596 g/mol. The van der Waals surface area contributed by atoms with Crippen LogP contribution in [0, 0.1) is 17.8 Å². The van der Waals surface area contributed by atoms with E-state index in [0.717, 1.165) is 94.8 Å². The summed E-state index contributed by atoms with van der Waals surface area (Å²) in [6, 6.07) is 15.8. The van der Waals surface area contributed by atoms with Crippen LogP contribution < -0.4 is 9.47 Å².